The lowest BCUT2D eigenvalue weighted by Crippen LogP contribution is -2.04. The van der Waals surface area contributed by atoms with Crippen molar-refractivity contribution < 1.29 is 9.13 Å². The molecule has 0 aliphatic carbocycles. The normalized spacial score (nSPS) is 10.7. The van der Waals surface area contributed by atoms with E-state index in [1.807, 2.05) is 24.3 Å². The Hall–Kier alpha value is -3.15. The van der Waals surface area contributed by atoms with Crippen molar-refractivity contribution in [2.75, 3.05) is 11.1 Å². The molecule has 0 aliphatic rings. The molecule has 25 heavy (non-hydrogen) atoms. The number of rotatable bonds is 5. The molecule has 0 atom stereocenters. The fourth-order valence-electron chi connectivity index (χ4n) is 2.28. The first-order valence-electron chi connectivity index (χ1n) is 7.94. The summed E-state index contributed by atoms with van der Waals surface area (Å²) in [6, 6.07) is 14.0. The number of halogens is 1. The third-order valence-corrected chi connectivity index (χ3v) is 3.74. The van der Waals surface area contributed by atoms with Gasteiger partial charge in [-0.15, -0.1) is 0 Å². The number of ether oxygens (including phenoxy) is 1. The minimum atomic E-state index is -0.396. The molecule has 0 unspecified atom stereocenters. The maximum atomic E-state index is 13.8. The summed E-state index contributed by atoms with van der Waals surface area (Å²) in [5, 5.41) is 2.86. The van der Waals surface area contributed by atoms with Gasteiger partial charge in [0.05, 0.1) is 5.69 Å². The third-order valence-electron chi connectivity index (χ3n) is 3.74. The van der Waals surface area contributed by atoms with Crippen LogP contribution in [0.2, 0.25) is 0 Å². The van der Waals surface area contributed by atoms with E-state index in [-0.39, 0.29) is 23.1 Å². The number of aromatic nitrogens is 2. The summed E-state index contributed by atoms with van der Waals surface area (Å²) < 4.78 is 19.5. The molecule has 5 nitrogen and oxygen atoms in total. The molecule has 0 saturated heterocycles. The zero-order chi connectivity index (χ0) is 17.8. The van der Waals surface area contributed by atoms with Crippen LogP contribution in [-0.2, 0) is 0 Å². The number of para-hydroxylation sites is 1. The van der Waals surface area contributed by atoms with Crippen LogP contribution in [0, 0.1) is 5.82 Å². The Bertz CT molecular complexity index is 866. The summed E-state index contributed by atoms with van der Waals surface area (Å²) in [6.07, 6.45) is 1.32. The zero-order valence-corrected chi connectivity index (χ0v) is 14.0. The number of benzene rings is 2. The lowest BCUT2D eigenvalue weighted by molar-refractivity contribution is 0.464. The van der Waals surface area contributed by atoms with Gasteiger partial charge in [0.2, 0.25) is 5.88 Å². The van der Waals surface area contributed by atoms with Crippen LogP contribution < -0.4 is 15.8 Å². The van der Waals surface area contributed by atoms with E-state index in [4.69, 9.17) is 10.5 Å². The minimum Gasteiger partial charge on any atom is -0.437 e. The van der Waals surface area contributed by atoms with Gasteiger partial charge >= 0.3 is 0 Å². The lowest BCUT2D eigenvalue weighted by atomic mass is 10.0. The topological polar surface area (TPSA) is 73.1 Å². The van der Waals surface area contributed by atoms with Crippen molar-refractivity contribution in [1.82, 2.24) is 9.97 Å². The lowest BCUT2D eigenvalue weighted by Gasteiger charge is -2.12. The molecule has 0 fully saturated rings. The molecule has 0 aliphatic heterocycles. The smallest absolute Gasteiger partial charge is 0.248 e. The van der Waals surface area contributed by atoms with Gasteiger partial charge in [-0.25, -0.2) is 9.37 Å². The Morgan fingerprint density at radius 2 is 1.76 bits per heavy atom. The molecule has 3 aromatic rings. The average molecular weight is 338 g/mol. The van der Waals surface area contributed by atoms with Crippen LogP contribution in [0.15, 0.2) is 54.9 Å². The Morgan fingerprint density at radius 3 is 2.44 bits per heavy atom. The van der Waals surface area contributed by atoms with Gasteiger partial charge in [0.25, 0.3) is 0 Å². The van der Waals surface area contributed by atoms with Crippen LogP contribution in [0.1, 0.15) is 25.3 Å². The van der Waals surface area contributed by atoms with Crippen molar-refractivity contribution >= 4 is 17.2 Å². The monoisotopic (exact) mass is 338 g/mol. The van der Waals surface area contributed by atoms with E-state index in [1.54, 1.807) is 18.2 Å². The van der Waals surface area contributed by atoms with Crippen molar-refractivity contribution in [3.8, 4) is 11.6 Å². The summed E-state index contributed by atoms with van der Waals surface area (Å²) in [5.74, 6) is 1.16. The Morgan fingerprint density at radius 1 is 1.04 bits per heavy atom. The van der Waals surface area contributed by atoms with E-state index in [9.17, 15) is 4.39 Å². The minimum absolute atomic E-state index is 0.207. The molecule has 0 spiro atoms. The second-order valence-corrected chi connectivity index (χ2v) is 5.87. The van der Waals surface area contributed by atoms with E-state index < -0.39 is 5.82 Å². The van der Waals surface area contributed by atoms with Gasteiger partial charge in [-0.2, -0.15) is 4.98 Å². The van der Waals surface area contributed by atoms with Crippen molar-refractivity contribution in [1.29, 1.82) is 0 Å². The summed E-state index contributed by atoms with van der Waals surface area (Å²) in [4.78, 5) is 8.12. The largest absolute Gasteiger partial charge is 0.437 e. The Balaban J connectivity index is 1.82. The molecule has 3 N–H and O–H groups in total. The molecule has 128 valence electrons. The van der Waals surface area contributed by atoms with Crippen LogP contribution in [0.3, 0.4) is 0 Å². The van der Waals surface area contributed by atoms with Crippen LogP contribution in [0.5, 0.6) is 11.6 Å². The number of nitrogens with one attached hydrogen (secondary N) is 1. The van der Waals surface area contributed by atoms with Gasteiger partial charge in [-0.3, -0.25) is 0 Å². The number of hydrogen-bond donors (Lipinski definition) is 2. The molecule has 0 radical (unpaired) electrons. The highest BCUT2D eigenvalue weighted by Gasteiger charge is 2.12. The predicted octanol–water partition coefficient (Wildman–Crippen LogP) is 4.86. The summed E-state index contributed by atoms with van der Waals surface area (Å²) in [7, 11) is 0. The summed E-state index contributed by atoms with van der Waals surface area (Å²) >= 11 is 0. The van der Waals surface area contributed by atoms with Crippen LogP contribution in [-0.4, -0.2) is 9.97 Å². The van der Waals surface area contributed by atoms with Gasteiger partial charge in [0.15, 0.2) is 5.82 Å². The van der Waals surface area contributed by atoms with E-state index >= 15 is 0 Å². The van der Waals surface area contributed by atoms with Crippen molar-refractivity contribution in [2.45, 2.75) is 19.8 Å². The van der Waals surface area contributed by atoms with Crippen LogP contribution >= 0.6 is 0 Å². The van der Waals surface area contributed by atoms with Gasteiger partial charge in [-0.05, 0) is 35.7 Å². The second-order valence-electron chi connectivity index (χ2n) is 5.87. The standard InChI is InChI=1S/C19H19FN4O/c1-12(2)13-7-9-14(10-8-13)25-19-17(21)18(22-11-23-19)24-16-6-4-3-5-15(16)20/h3-12H,21H2,1-2H3,(H,22,23,24). The highest BCUT2D eigenvalue weighted by molar-refractivity contribution is 5.72. The molecule has 3 rings (SSSR count). The highest BCUT2D eigenvalue weighted by Crippen LogP contribution is 2.31. The van der Waals surface area contributed by atoms with Crippen LogP contribution in [0.4, 0.5) is 21.6 Å². The summed E-state index contributed by atoms with van der Waals surface area (Å²) in [6.45, 7) is 4.25. The molecule has 0 amide bonds. The molecule has 0 saturated carbocycles. The van der Waals surface area contributed by atoms with Gasteiger partial charge in [0.1, 0.15) is 23.6 Å². The molecular formula is C19H19FN4O. The Kier molecular flexibility index (Phi) is 4.79. The average Bonchev–Trinajstić information content (AvgIpc) is 2.61. The van der Waals surface area contributed by atoms with Crippen LogP contribution in [0.25, 0.3) is 0 Å². The quantitative estimate of drug-likeness (QED) is 0.695. The van der Waals surface area contributed by atoms with Crippen molar-refractivity contribution in [3.63, 3.8) is 0 Å². The first-order chi connectivity index (χ1) is 12.0. The Labute approximate surface area is 145 Å². The predicted molar refractivity (Wildman–Crippen MR) is 96.7 cm³/mol. The highest BCUT2D eigenvalue weighted by atomic mass is 19.1. The third kappa shape index (κ3) is 3.85. The maximum Gasteiger partial charge on any atom is 0.248 e. The molecular weight excluding hydrogens is 319 g/mol. The first kappa shape index (κ1) is 16.7. The fraction of sp³-hybridized carbons (Fsp3) is 0.158. The van der Waals surface area contributed by atoms with E-state index in [1.165, 1.54) is 18.0 Å². The van der Waals surface area contributed by atoms with Crippen molar-refractivity contribution in [3.05, 3.63) is 66.2 Å². The molecule has 2 aromatic carbocycles. The van der Waals surface area contributed by atoms with E-state index in [0.717, 1.165) is 0 Å². The van der Waals surface area contributed by atoms with Crippen molar-refractivity contribution in [2.24, 2.45) is 0 Å². The van der Waals surface area contributed by atoms with E-state index in [0.29, 0.717) is 11.7 Å². The van der Waals surface area contributed by atoms with Gasteiger partial charge in [0, 0.05) is 0 Å². The van der Waals surface area contributed by atoms with Gasteiger partial charge in [-0.1, -0.05) is 38.1 Å². The number of nitrogens with two attached hydrogens (primary N) is 1. The number of anilines is 3. The SMILES string of the molecule is CC(C)c1ccc(Oc2ncnc(Nc3ccccc3F)c2N)cc1. The fourth-order valence-corrected chi connectivity index (χ4v) is 2.28. The number of nitrogens with zero attached hydrogens (tertiary/aromatic N) is 2. The molecule has 1 heterocycles. The number of hydrogen-bond acceptors (Lipinski definition) is 5. The molecule has 0 bridgehead atoms. The summed E-state index contributed by atoms with van der Waals surface area (Å²) in [5.41, 5.74) is 7.77. The van der Waals surface area contributed by atoms with Gasteiger partial charge < -0.3 is 15.8 Å². The molecule has 1 aromatic heterocycles. The maximum absolute atomic E-state index is 13.8. The van der Waals surface area contributed by atoms with E-state index in [2.05, 4.69) is 29.1 Å². The molecule has 6 heteroatoms. The zero-order valence-electron chi connectivity index (χ0n) is 14.0. The number of nitrogen functional groups attached to an aromatic ring is 1. The first-order valence-corrected chi connectivity index (χ1v) is 7.94. The second kappa shape index (κ2) is 7.17.